The van der Waals surface area contributed by atoms with Crippen LogP contribution in [0.5, 0.6) is 11.5 Å². The number of imide groups is 1. The molecule has 2 aliphatic heterocycles. The molecule has 0 bridgehead atoms. The van der Waals surface area contributed by atoms with E-state index in [0.29, 0.717) is 53.2 Å². The van der Waals surface area contributed by atoms with Crippen LogP contribution in [-0.2, 0) is 27.2 Å². The number of carbonyl (C=O) groups is 3. The number of nitrogens with one attached hydrogen (secondary N) is 2. The van der Waals surface area contributed by atoms with E-state index < -0.39 is 11.9 Å². The lowest BCUT2D eigenvalue weighted by Crippen LogP contribution is -2.37. The van der Waals surface area contributed by atoms with Crippen molar-refractivity contribution in [2.45, 2.75) is 65.3 Å². The van der Waals surface area contributed by atoms with Gasteiger partial charge in [0.1, 0.15) is 28.4 Å². The average Bonchev–Trinajstić information content (AvgIpc) is 3.63. The number of hydrogen-bond donors (Lipinski definition) is 2. The number of amides is 3. The van der Waals surface area contributed by atoms with E-state index in [4.69, 9.17) is 26.1 Å². The highest BCUT2D eigenvalue weighted by Crippen LogP contribution is 2.39. The summed E-state index contributed by atoms with van der Waals surface area (Å²) in [6.07, 6.45) is 4.14. The lowest BCUT2D eigenvalue weighted by molar-refractivity contribution is -0.122. The van der Waals surface area contributed by atoms with E-state index in [0.717, 1.165) is 58.9 Å². The lowest BCUT2D eigenvalue weighted by atomic mass is 9.99. The van der Waals surface area contributed by atoms with Gasteiger partial charge >= 0.3 is 0 Å². The summed E-state index contributed by atoms with van der Waals surface area (Å²) in [6.45, 7) is 7.57. The zero-order valence-electron chi connectivity index (χ0n) is 30.4. The minimum atomic E-state index is -0.522. The fourth-order valence-corrected chi connectivity index (χ4v) is 8.12. The third kappa shape index (κ3) is 8.15. The summed E-state index contributed by atoms with van der Waals surface area (Å²) in [5.41, 5.74) is 6.19. The number of carbonyl (C=O) groups excluding carboxylic acids is 3. The van der Waals surface area contributed by atoms with Gasteiger partial charge in [-0.15, -0.1) is 21.5 Å². The number of aliphatic imine (C=N–C) groups is 1. The Balaban J connectivity index is 0.851. The van der Waals surface area contributed by atoms with Gasteiger partial charge in [0.2, 0.25) is 11.8 Å². The molecule has 13 heteroatoms. The van der Waals surface area contributed by atoms with Crippen molar-refractivity contribution in [2.75, 3.05) is 19.8 Å². The third-order valence-corrected chi connectivity index (χ3v) is 11.1. The number of aryl methyl sites for hydroxylation is 3. The van der Waals surface area contributed by atoms with Gasteiger partial charge in [0, 0.05) is 34.2 Å². The summed E-state index contributed by atoms with van der Waals surface area (Å²) in [5.74, 6) is 1.59. The van der Waals surface area contributed by atoms with Crippen molar-refractivity contribution in [1.29, 1.82) is 0 Å². The van der Waals surface area contributed by atoms with Crippen molar-refractivity contribution < 1.29 is 23.9 Å². The minimum Gasteiger partial charge on any atom is -0.457 e. The summed E-state index contributed by atoms with van der Waals surface area (Å²) in [6, 6.07) is 20.3. The van der Waals surface area contributed by atoms with Gasteiger partial charge in [-0.3, -0.25) is 29.3 Å². The number of unbranched alkanes of at least 4 members (excludes halogenated alkanes) is 2. The number of hydrogen-bond acceptors (Lipinski definition) is 9. The smallest absolute Gasteiger partial charge is 0.261 e. The van der Waals surface area contributed by atoms with Gasteiger partial charge < -0.3 is 14.8 Å². The maximum atomic E-state index is 13.2. The fraction of sp³-hybridized carbons (Fsp3) is 0.317. The Morgan fingerprint density at radius 1 is 0.963 bits per heavy atom. The van der Waals surface area contributed by atoms with E-state index in [2.05, 4.69) is 34.7 Å². The standard InChI is InChI=1S/C41H41ClN6O5S/c1-24-25(2)54-41-36(24)38(28-13-15-30(42)16-14-28)44-32(39-47-46-26(3)48(39)41)23-34(49)43-19-21-52-20-6-4-5-8-27-11-17-31(18-12-27)53-33-10-7-9-29-22-35(50)45-40(51)37(29)33/h7,9-18,32H,4-6,8,19-23H2,1-3H3,(H,43,49)(H,45,50,51)/t32-/m0/s1. The first-order valence-corrected chi connectivity index (χ1v) is 19.3. The molecule has 3 aromatic carbocycles. The van der Waals surface area contributed by atoms with E-state index in [1.165, 1.54) is 10.4 Å². The first kappa shape index (κ1) is 37.2. The maximum Gasteiger partial charge on any atom is 0.261 e. The van der Waals surface area contributed by atoms with Crippen LogP contribution in [0.4, 0.5) is 0 Å². The molecule has 278 valence electrons. The zero-order chi connectivity index (χ0) is 37.8. The summed E-state index contributed by atoms with van der Waals surface area (Å²) in [7, 11) is 0. The number of rotatable bonds is 14. The Kier molecular flexibility index (Phi) is 11.3. The topological polar surface area (TPSA) is 137 Å². The van der Waals surface area contributed by atoms with Gasteiger partial charge in [-0.1, -0.05) is 54.4 Å². The highest BCUT2D eigenvalue weighted by Gasteiger charge is 2.32. The predicted octanol–water partition coefficient (Wildman–Crippen LogP) is 7.34. The molecule has 0 unspecified atom stereocenters. The lowest BCUT2D eigenvalue weighted by Gasteiger charge is -2.18. The largest absolute Gasteiger partial charge is 0.457 e. The van der Waals surface area contributed by atoms with Gasteiger partial charge in [-0.25, -0.2) is 0 Å². The number of aromatic nitrogens is 3. The molecule has 0 spiro atoms. The molecule has 2 aromatic heterocycles. The van der Waals surface area contributed by atoms with Crippen molar-refractivity contribution in [2.24, 2.45) is 4.99 Å². The van der Waals surface area contributed by atoms with Gasteiger partial charge in [0.25, 0.3) is 5.91 Å². The number of nitrogens with zero attached hydrogens (tertiary/aromatic N) is 4. The van der Waals surface area contributed by atoms with Crippen molar-refractivity contribution in [1.82, 2.24) is 25.4 Å². The maximum absolute atomic E-state index is 13.2. The SMILES string of the molecule is Cc1sc2c(c1C)C(c1ccc(Cl)cc1)=N[C@@H](CC(=O)NCCOCCCCCc1ccc(Oc3cccc4c3C(=O)NC(=O)C4)cc1)c1nnc(C)n1-2. The van der Waals surface area contributed by atoms with Crippen LogP contribution in [0.25, 0.3) is 5.00 Å². The molecule has 11 nitrogen and oxygen atoms in total. The van der Waals surface area contributed by atoms with Gasteiger partial charge in [0.15, 0.2) is 5.82 Å². The molecule has 54 heavy (non-hydrogen) atoms. The summed E-state index contributed by atoms with van der Waals surface area (Å²) < 4.78 is 13.9. The second kappa shape index (κ2) is 16.5. The van der Waals surface area contributed by atoms with E-state index in [1.807, 2.05) is 60.0 Å². The molecular weight excluding hydrogens is 724 g/mol. The van der Waals surface area contributed by atoms with E-state index in [9.17, 15) is 14.4 Å². The van der Waals surface area contributed by atoms with Gasteiger partial charge in [-0.05, 0) is 87.1 Å². The summed E-state index contributed by atoms with van der Waals surface area (Å²) in [5, 5.41) is 15.9. The molecule has 2 N–H and O–H groups in total. The fourth-order valence-electron chi connectivity index (χ4n) is 6.78. The molecule has 2 aliphatic rings. The Morgan fingerprint density at radius 3 is 2.56 bits per heavy atom. The van der Waals surface area contributed by atoms with Crippen LogP contribution in [0.15, 0.2) is 71.7 Å². The molecule has 0 radical (unpaired) electrons. The van der Waals surface area contributed by atoms with Gasteiger partial charge in [-0.2, -0.15) is 0 Å². The summed E-state index contributed by atoms with van der Waals surface area (Å²) >= 11 is 7.90. The van der Waals surface area contributed by atoms with E-state index in [1.54, 1.807) is 29.5 Å². The van der Waals surface area contributed by atoms with Crippen LogP contribution in [0.2, 0.25) is 5.02 Å². The summed E-state index contributed by atoms with van der Waals surface area (Å²) in [4.78, 5) is 43.7. The van der Waals surface area contributed by atoms with Crippen molar-refractivity contribution >= 4 is 46.4 Å². The molecule has 0 saturated carbocycles. The second-order valence-electron chi connectivity index (χ2n) is 13.5. The van der Waals surface area contributed by atoms with E-state index in [-0.39, 0.29) is 24.7 Å². The van der Waals surface area contributed by atoms with Crippen LogP contribution in [0.3, 0.4) is 0 Å². The first-order valence-electron chi connectivity index (χ1n) is 18.1. The van der Waals surface area contributed by atoms with Crippen LogP contribution < -0.4 is 15.4 Å². The molecule has 7 rings (SSSR count). The number of halogens is 1. The van der Waals surface area contributed by atoms with Crippen molar-refractivity contribution in [3.05, 3.63) is 122 Å². The molecule has 4 heterocycles. The quantitative estimate of drug-likeness (QED) is 0.0892. The average molecular weight is 765 g/mol. The molecular formula is C41H41ClN6O5S. The predicted molar refractivity (Wildman–Crippen MR) is 208 cm³/mol. The second-order valence-corrected chi connectivity index (χ2v) is 15.1. The van der Waals surface area contributed by atoms with Crippen LogP contribution >= 0.6 is 22.9 Å². The van der Waals surface area contributed by atoms with Crippen molar-refractivity contribution in [3.63, 3.8) is 0 Å². The first-order chi connectivity index (χ1) is 26.2. The number of fused-ring (bicyclic) bond motifs is 4. The molecule has 0 saturated heterocycles. The Bertz CT molecular complexity index is 2230. The van der Waals surface area contributed by atoms with E-state index >= 15 is 0 Å². The Hall–Kier alpha value is -5.17. The van der Waals surface area contributed by atoms with Crippen LogP contribution in [0.1, 0.15) is 86.4 Å². The van der Waals surface area contributed by atoms with Crippen molar-refractivity contribution in [3.8, 4) is 16.5 Å². The number of benzene rings is 3. The van der Waals surface area contributed by atoms with Crippen LogP contribution in [-0.4, -0.2) is 58.0 Å². The minimum absolute atomic E-state index is 0.128. The third-order valence-electron chi connectivity index (χ3n) is 9.65. The highest BCUT2D eigenvalue weighted by atomic mass is 35.5. The van der Waals surface area contributed by atoms with Gasteiger partial charge in [0.05, 0.1) is 30.7 Å². The molecule has 0 aliphatic carbocycles. The number of thiophene rings is 1. The number of ether oxygens (including phenoxy) is 2. The Labute approximate surface area is 322 Å². The highest BCUT2D eigenvalue weighted by molar-refractivity contribution is 7.15. The molecule has 1 atom stereocenters. The molecule has 5 aromatic rings. The monoisotopic (exact) mass is 764 g/mol. The molecule has 3 amide bonds. The molecule has 0 fully saturated rings. The Morgan fingerprint density at radius 2 is 1.76 bits per heavy atom. The normalized spacial score (nSPS) is 14.7. The zero-order valence-corrected chi connectivity index (χ0v) is 32.0. The van der Waals surface area contributed by atoms with Crippen LogP contribution in [0, 0.1) is 20.8 Å².